The fourth-order valence-corrected chi connectivity index (χ4v) is 4.19. The molecule has 0 aliphatic carbocycles. The zero-order chi connectivity index (χ0) is 19.7. The summed E-state index contributed by atoms with van der Waals surface area (Å²) in [6.45, 7) is 2.84. The number of carbonyl (C=O) groups is 1. The van der Waals surface area contributed by atoms with E-state index < -0.39 is 13.0 Å². The number of hydrogen-bond acceptors (Lipinski definition) is 6. The number of piperidine rings is 1. The molecule has 10 heteroatoms. The standard InChI is InChI=1S/C18H24F2N6O2/c1-28-9-8-25-7-4-18(17(25)27)2-5-24(6-3-18)15-11-21-13-10-22-26(12-14(19)20)16(13)23-15/h10-11,14H,2-9,12H2,1H3. The number of ether oxygens (including phenoxy) is 1. The van der Waals surface area contributed by atoms with Crippen molar-refractivity contribution in [1.82, 2.24) is 24.6 Å². The molecule has 8 nitrogen and oxygen atoms in total. The maximum atomic E-state index is 12.9. The molecule has 152 valence electrons. The third kappa shape index (κ3) is 3.41. The van der Waals surface area contributed by atoms with E-state index in [9.17, 15) is 13.6 Å². The van der Waals surface area contributed by atoms with Crippen LogP contribution in [-0.2, 0) is 16.1 Å². The van der Waals surface area contributed by atoms with Crippen molar-refractivity contribution in [3.8, 4) is 0 Å². The van der Waals surface area contributed by atoms with Crippen LogP contribution >= 0.6 is 0 Å². The summed E-state index contributed by atoms with van der Waals surface area (Å²) < 4.78 is 31.8. The topological polar surface area (TPSA) is 76.4 Å². The van der Waals surface area contributed by atoms with E-state index in [1.54, 1.807) is 13.3 Å². The molecule has 1 amide bonds. The van der Waals surface area contributed by atoms with Gasteiger partial charge < -0.3 is 14.5 Å². The molecule has 4 rings (SSSR count). The Kier molecular flexibility index (Phi) is 5.13. The summed E-state index contributed by atoms with van der Waals surface area (Å²) in [7, 11) is 1.64. The molecule has 0 unspecified atom stereocenters. The minimum atomic E-state index is -2.50. The lowest BCUT2D eigenvalue weighted by molar-refractivity contribution is -0.137. The van der Waals surface area contributed by atoms with Gasteiger partial charge in [-0.15, -0.1) is 0 Å². The van der Waals surface area contributed by atoms with Gasteiger partial charge in [0.05, 0.1) is 24.4 Å². The largest absolute Gasteiger partial charge is 0.383 e. The van der Waals surface area contributed by atoms with Crippen molar-refractivity contribution in [1.29, 1.82) is 0 Å². The molecule has 2 fully saturated rings. The van der Waals surface area contributed by atoms with Gasteiger partial charge in [0.25, 0.3) is 6.43 Å². The minimum absolute atomic E-state index is 0.223. The Balaban J connectivity index is 1.46. The molecule has 0 N–H and O–H groups in total. The second-order valence-electron chi connectivity index (χ2n) is 7.46. The van der Waals surface area contributed by atoms with Crippen molar-refractivity contribution < 1.29 is 18.3 Å². The third-order valence-electron chi connectivity index (χ3n) is 5.85. The molecule has 0 bridgehead atoms. The quantitative estimate of drug-likeness (QED) is 0.740. The van der Waals surface area contributed by atoms with Crippen LogP contribution in [0.4, 0.5) is 14.6 Å². The van der Waals surface area contributed by atoms with Crippen molar-refractivity contribution in [3.05, 3.63) is 12.4 Å². The van der Waals surface area contributed by atoms with Gasteiger partial charge in [0.2, 0.25) is 5.91 Å². The Bertz CT molecular complexity index is 850. The number of alkyl halides is 2. The first-order valence-electron chi connectivity index (χ1n) is 9.52. The zero-order valence-electron chi connectivity index (χ0n) is 15.9. The van der Waals surface area contributed by atoms with Crippen LogP contribution in [0.1, 0.15) is 19.3 Å². The number of hydrogen-bond donors (Lipinski definition) is 0. The molecule has 2 aromatic heterocycles. The Labute approximate surface area is 161 Å². The maximum Gasteiger partial charge on any atom is 0.258 e. The smallest absolute Gasteiger partial charge is 0.258 e. The highest BCUT2D eigenvalue weighted by Crippen LogP contribution is 2.42. The van der Waals surface area contributed by atoms with Crippen LogP contribution in [-0.4, -0.2) is 76.9 Å². The van der Waals surface area contributed by atoms with Crippen molar-refractivity contribution in [2.45, 2.75) is 32.2 Å². The first kappa shape index (κ1) is 19.0. The first-order chi connectivity index (χ1) is 13.5. The Hall–Kier alpha value is -2.36. The average Bonchev–Trinajstić information content (AvgIpc) is 3.22. The van der Waals surface area contributed by atoms with E-state index >= 15 is 0 Å². The van der Waals surface area contributed by atoms with Crippen LogP contribution in [0.3, 0.4) is 0 Å². The van der Waals surface area contributed by atoms with Gasteiger partial charge in [-0.3, -0.25) is 4.79 Å². The molecule has 4 heterocycles. The first-order valence-corrected chi connectivity index (χ1v) is 9.52. The van der Waals surface area contributed by atoms with Gasteiger partial charge >= 0.3 is 0 Å². The van der Waals surface area contributed by atoms with Crippen molar-refractivity contribution >= 4 is 22.9 Å². The normalized spacial score (nSPS) is 19.5. The molecule has 2 aliphatic rings. The van der Waals surface area contributed by atoms with E-state index in [0.29, 0.717) is 43.2 Å². The molecule has 0 aromatic carbocycles. The molecule has 0 saturated carbocycles. The summed E-state index contributed by atoms with van der Waals surface area (Å²) in [4.78, 5) is 25.7. The van der Waals surface area contributed by atoms with Gasteiger partial charge in [-0.05, 0) is 19.3 Å². The van der Waals surface area contributed by atoms with E-state index in [1.165, 1.54) is 10.9 Å². The highest BCUT2D eigenvalue weighted by Gasteiger charge is 2.48. The average molecular weight is 394 g/mol. The van der Waals surface area contributed by atoms with E-state index in [0.717, 1.165) is 25.8 Å². The van der Waals surface area contributed by atoms with Crippen LogP contribution < -0.4 is 4.90 Å². The van der Waals surface area contributed by atoms with Gasteiger partial charge in [-0.25, -0.2) is 23.4 Å². The fourth-order valence-electron chi connectivity index (χ4n) is 4.19. The summed E-state index contributed by atoms with van der Waals surface area (Å²) in [6.07, 6.45) is 2.98. The summed E-state index contributed by atoms with van der Waals surface area (Å²) in [5.41, 5.74) is 0.567. The Morgan fingerprint density at radius 2 is 1.96 bits per heavy atom. The lowest BCUT2D eigenvalue weighted by Crippen LogP contribution is -2.45. The number of fused-ring (bicyclic) bond motifs is 1. The Morgan fingerprint density at radius 3 is 2.68 bits per heavy atom. The number of anilines is 1. The maximum absolute atomic E-state index is 12.9. The molecule has 0 radical (unpaired) electrons. The van der Waals surface area contributed by atoms with E-state index in [4.69, 9.17) is 4.74 Å². The second kappa shape index (κ2) is 7.57. The lowest BCUT2D eigenvalue weighted by atomic mass is 9.77. The van der Waals surface area contributed by atoms with Gasteiger partial charge in [-0.2, -0.15) is 5.10 Å². The number of likely N-dealkylation sites (tertiary alicyclic amines) is 1. The SMILES string of the molecule is COCCN1CCC2(CCN(c3cnc4cnn(CC(F)F)c4n3)CC2)C1=O. The van der Waals surface area contributed by atoms with E-state index in [2.05, 4.69) is 20.0 Å². The number of nitrogens with zero attached hydrogens (tertiary/aromatic N) is 6. The van der Waals surface area contributed by atoms with Crippen LogP contribution in [0.25, 0.3) is 11.2 Å². The monoisotopic (exact) mass is 394 g/mol. The molecule has 2 saturated heterocycles. The summed E-state index contributed by atoms with van der Waals surface area (Å²) in [5.74, 6) is 0.862. The molecule has 0 atom stereocenters. The van der Waals surface area contributed by atoms with Gasteiger partial charge in [0.15, 0.2) is 5.65 Å². The highest BCUT2D eigenvalue weighted by molar-refractivity contribution is 5.85. The number of amides is 1. The predicted octanol–water partition coefficient (Wildman–Crippen LogP) is 1.56. The van der Waals surface area contributed by atoms with Gasteiger partial charge in [0.1, 0.15) is 17.9 Å². The van der Waals surface area contributed by atoms with Crippen molar-refractivity contribution in [2.75, 3.05) is 44.8 Å². The molecule has 2 aromatic rings. The highest BCUT2D eigenvalue weighted by atomic mass is 19.3. The predicted molar refractivity (Wildman–Crippen MR) is 98.3 cm³/mol. The van der Waals surface area contributed by atoms with Crippen LogP contribution in [0.2, 0.25) is 0 Å². The van der Waals surface area contributed by atoms with Crippen molar-refractivity contribution in [3.63, 3.8) is 0 Å². The molecule has 2 aliphatic heterocycles. The Morgan fingerprint density at radius 1 is 1.21 bits per heavy atom. The van der Waals surface area contributed by atoms with Crippen molar-refractivity contribution in [2.24, 2.45) is 5.41 Å². The lowest BCUT2D eigenvalue weighted by Gasteiger charge is -2.38. The van der Waals surface area contributed by atoms with Crippen LogP contribution in [0.5, 0.6) is 0 Å². The van der Waals surface area contributed by atoms with E-state index in [1.807, 2.05) is 4.90 Å². The zero-order valence-corrected chi connectivity index (χ0v) is 15.9. The fraction of sp³-hybridized carbons (Fsp3) is 0.667. The molecule has 28 heavy (non-hydrogen) atoms. The molecule has 1 spiro atoms. The minimum Gasteiger partial charge on any atom is -0.383 e. The van der Waals surface area contributed by atoms with Crippen LogP contribution in [0, 0.1) is 5.41 Å². The summed E-state index contributed by atoms with van der Waals surface area (Å²) >= 11 is 0. The number of carbonyl (C=O) groups excluding carboxylic acids is 1. The second-order valence-corrected chi connectivity index (χ2v) is 7.46. The van der Waals surface area contributed by atoms with Crippen LogP contribution in [0.15, 0.2) is 12.4 Å². The number of methoxy groups -OCH3 is 1. The molecular formula is C18H24F2N6O2. The number of halogens is 2. The number of rotatable bonds is 6. The van der Waals surface area contributed by atoms with Gasteiger partial charge in [-0.1, -0.05) is 0 Å². The van der Waals surface area contributed by atoms with Gasteiger partial charge in [0, 0.05) is 33.3 Å². The summed E-state index contributed by atoms with van der Waals surface area (Å²) in [5, 5.41) is 3.96. The molecular weight excluding hydrogens is 370 g/mol. The van der Waals surface area contributed by atoms with E-state index in [-0.39, 0.29) is 11.3 Å². The third-order valence-corrected chi connectivity index (χ3v) is 5.85. The summed E-state index contributed by atoms with van der Waals surface area (Å²) in [6, 6.07) is 0. The number of aromatic nitrogens is 4.